The lowest BCUT2D eigenvalue weighted by Gasteiger charge is -2.43. The van der Waals surface area contributed by atoms with Crippen LogP contribution in [0, 0.1) is 5.41 Å². The molecule has 1 aromatic heterocycles. The molecule has 6 heteroatoms. The third-order valence-corrected chi connectivity index (χ3v) is 5.04. The monoisotopic (exact) mass is 255 g/mol. The molecule has 0 bridgehead atoms. The molecule has 0 aromatic carbocycles. The standard InChI is InChI=1S/C11H21N5S/c1-11(2)7-5-6-8(9(11)12-3)17-10-13-14-15-16(10)4/h8-9,12H,5-7H2,1-4H3. The first-order valence-electron chi connectivity index (χ1n) is 6.11. The highest BCUT2D eigenvalue weighted by Crippen LogP contribution is 2.41. The quantitative estimate of drug-likeness (QED) is 0.886. The highest BCUT2D eigenvalue weighted by atomic mass is 32.2. The van der Waals surface area contributed by atoms with Crippen molar-refractivity contribution >= 4 is 11.8 Å². The van der Waals surface area contributed by atoms with E-state index in [2.05, 4.69) is 41.7 Å². The number of nitrogens with zero attached hydrogens (tertiary/aromatic N) is 4. The summed E-state index contributed by atoms with van der Waals surface area (Å²) in [5.41, 5.74) is 0.344. The van der Waals surface area contributed by atoms with E-state index in [9.17, 15) is 0 Å². The maximum atomic E-state index is 4.06. The van der Waals surface area contributed by atoms with Gasteiger partial charge in [-0.1, -0.05) is 32.0 Å². The Labute approximate surface area is 107 Å². The smallest absolute Gasteiger partial charge is 0.209 e. The van der Waals surface area contributed by atoms with Crippen LogP contribution in [0.3, 0.4) is 0 Å². The Hall–Kier alpha value is -0.620. The summed E-state index contributed by atoms with van der Waals surface area (Å²) < 4.78 is 1.75. The molecule has 1 fully saturated rings. The number of nitrogens with one attached hydrogen (secondary N) is 1. The fraction of sp³-hybridized carbons (Fsp3) is 0.909. The van der Waals surface area contributed by atoms with Crippen LogP contribution in [0.2, 0.25) is 0 Å². The summed E-state index contributed by atoms with van der Waals surface area (Å²) in [5, 5.41) is 16.6. The normalized spacial score (nSPS) is 28.2. The van der Waals surface area contributed by atoms with Crippen molar-refractivity contribution in [3.63, 3.8) is 0 Å². The molecule has 1 aliphatic carbocycles. The highest BCUT2D eigenvalue weighted by molar-refractivity contribution is 7.99. The molecule has 1 aliphatic rings. The third-order valence-electron chi connectivity index (χ3n) is 3.67. The van der Waals surface area contributed by atoms with Crippen LogP contribution < -0.4 is 5.32 Å². The molecule has 17 heavy (non-hydrogen) atoms. The number of aromatic nitrogens is 4. The van der Waals surface area contributed by atoms with Crippen molar-refractivity contribution < 1.29 is 0 Å². The van der Waals surface area contributed by atoms with Gasteiger partial charge in [0.1, 0.15) is 0 Å². The lowest BCUT2D eigenvalue weighted by atomic mass is 9.73. The largest absolute Gasteiger partial charge is 0.315 e. The second-order valence-electron chi connectivity index (χ2n) is 5.39. The number of aryl methyl sites for hydroxylation is 1. The second-order valence-corrected chi connectivity index (χ2v) is 6.59. The minimum atomic E-state index is 0.344. The molecule has 0 spiro atoms. The molecule has 1 saturated carbocycles. The summed E-state index contributed by atoms with van der Waals surface area (Å²) in [5.74, 6) is 0. The van der Waals surface area contributed by atoms with Crippen LogP contribution in [0.4, 0.5) is 0 Å². The van der Waals surface area contributed by atoms with Gasteiger partial charge in [-0.05, 0) is 35.7 Å². The Kier molecular flexibility index (Phi) is 3.73. The van der Waals surface area contributed by atoms with Crippen molar-refractivity contribution in [2.75, 3.05) is 7.05 Å². The van der Waals surface area contributed by atoms with Crippen LogP contribution in [0.5, 0.6) is 0 Å². The van der Waals surface area contributed by atoms with Gasteiger partial charge in [0, 0.05) is 18.3 Å². The molecule has 1 N–H and O–H groups in total. The summed E-state index contributed by atoms with van der Waals surface area (Å²) >= 11 is 1.80. The summed E-state index contributed by atoms with van der Waals surface area (Å²) in [6.07, 6.45) is 3.80. The van der Waals surface area contributed by atoms with E-state index >= 15 is 0 Å². The fourth-order valence-corrected chi connectivity index (χ4v) is 4.21. The van der Waals surface area contributed by atoms with Gasteiger partial charge in [0.2, 0.25) is 5.16 Å². The Morgan fingerprint density at radius 3 is 2.82 bits per heavy atom. The van der Waals surface area contributed by atoms with Crippen LogP contribution in [-0.2, 0) is 7.05 Å². The fourth-order valence-electron chi connectivity index (χ4n) is 2.74. The van der Waals surface area contributed by atoms with Gasteiger partial charge in [-0.2, -0.15) is 0 Å². The Balaban J connectivity index is 2.12. The molecule has 2 rings (SSSR count). The van der Waals surface area contributed by atoms with Crippen molar-refractivity contribution in [3.05, 3.63) is 0 Å². The number of rotatable bonds is 3. The summed E-state index contributed by atoms with van der Waals surface area (Å²) in [6.45, 7) is 4.69. The van der Waals surface area contributed by atoms with E-state index in [4.69, 9.17) is 0 Å². The Bertz CT molecular complexity index is 376. The highest BCUT2D eigenvalue weighted by Gasteiger charge is 2.39. The summed E-state index contributed by atoms with van der Waals surface area (Å²) in [6, 6.07) is 0.512. The van der Waals surface area contributed by atoms with Crippen LogP contribution >= 0.6 is 11.8 Å². The predicted octanol–water partition coefficient (Wildman–Crippen LogP) is 1.47. The zero-order valence-electron chi connectivity index (χ0n) is 11.0. The minimum Gasteiger partial charge on any atom is -0.315 e. The van der Waals surface area contributed by atoms with E-state index in [1.54, 1.807) is 16.4 Å². The number of tetrazole rings is 1. The number of thioether (sulfide) groups is 1. The molecule has 1 heterocycles. The van der Waals surface area contributed by atoms with E-state index in [1.807, 2.05) is 7.05 Å². The third kappa shape index (κ3) is 2.63. The first kappa shape index (κ1) is 12.8. The zero-order valence-corrected chi connectivity index (χ0v) is 11.8. The van der Waals surface area contributed by atoms with Gasteiger partial charge in [0.25, 0.3) is 0 Å². The van der Waals surface area contributed by atoms with E-state index in [0.29, 0.717) is 16.7 Å². The first-order valence-corrected chi connectivity index (χ1v) is 6.99. The molecule has 0 saturated heterocycles. The average molecular weight is 255 g/mol. The van der Waals surface area contributed by atoms with Crippen LogP contribution in [0.1, 0.15) is 33.1 Å². The van der Waals surface area contributed by atoms with Crippen molar-refractivity contribution in [2.24, 2.45) is 12.5 Å². The maximum absolute atomic E-state index is 4.06. The molecular weight excluding hydrogens is 234 g/mol. The van der Waals surface area contributed by atoms with Gasteiger partial charge >= 0.3 is 0 Å². The topological polar surface area (TPSA) is 55.6 Å². The summed E-state index contributed by atoms with van der Waals surface area (Å²) in [4.78, 5) is 0. The van der Waals surface area contributed by atoms with Crippen LogP contribution in [0.15, 0.2) is 5.16 Å². The van der Waals surface area contributed by atoms with E-state index < -0.39 is 0 Å². The van der Waals surface area contributed by atoms with Crippen molar-refractivity contribution in [2.45, 2.75) is 49.6 Å². The van der Waals surface area contributed by atoms with Crippen molar-refractivity contribution in [1.29, 1.82) is 0 Å². The molecule has 2 unspecified atom stereocenters. The average Bonchev–Trinajstić information content (AvgIpc) is 2.64. The maximum Gasteiger partial charge on any atom is 0.209 e. The van der Waals surface area contributed by atoms with E-state index in [1.165, 1.54) is 19.3 Å². The van der Waals surface area contributed by atoms with Gasteiger partial charge in [0.15, 0.2) is 0 Å². The minimum absolute atomic E-state index is 0.344. The first-order chi connectivity index (χ1) is 8.04. The Morgan fingerprint density at radius 2 is 2.24 bits per heavy atom. The Morgan fingerprint density at radius 1 is 1.47 bits per heavy atom. The van der Waals surface area contributed by atoms with Gasteiger partial charge in [-0.15, -0.1) is 5.10 Å². The lowest BCUT2D eigenvalue weighted by molar-refractivity contribution is 0.182. The molecule has 1 aromatic rings. The van der Waals surface area contributed by atoms with E-state index in [-0.39, 0.29) is 0 Å². The van der Waals surface area contributed by atoms with Crippen LogP contribution in [-0.4, -0.2) is 38.5 Å². The molecule has 0 amide bonds. The number of hydrogen-bond donors (Lipinski definition) is 1. The second kappa shape index (κ2) is 4.94. The SMILES string of the molecule is CNC1C(Sc2nnnn2C)CCCC1(C)C. The van der Waals surface area contributed by atoms with Crippen molar-refractivity contribution in [3.8, 4) is 0 Å². The van der Waals surface area contributed by atoms with E-state index in [0.717, 1.165) is 5.16 Å². The van der Waals surface area contributed by atoms with Crippen molar-refractivity contribution in [1.82, 2.24) is 25.5 Å². The molecule has 96 valence electrons. The molecular formula is C11H21N5S. The summed E-state index contributed by atoms with van der Waals surface area (Å²) in [7, 11) is 3.95. The van der Waals surface area contributed by atoms with Gasteiger partial charge in [-0.3, -0.25) is 0 Å². The molecule has 0 radical (unpaired) electrons. The zero-order chi connectivity index (χ0) is 12.5. The van der Waals surface area contributed by atoms with Gasteiger partial charge in [-0.25, -0.2) is 4.68 Å². The number of hydrogen-bond acceptors (Lipinski definition) is 5. The molecule has 0 aliphatic heterocycles. The molecule has 2 atom stereocenters. The van der Waals surface area contributed by atoms with Crippen LogP contribution in [0.25, 0.3) is 0 Å². The lowest BCUT2D eigenvalue weighted by Crippen LogP contribution is -2.50. The predicted molar refractivity (Wildman–Crippen MR) is 68.9 cm³/mol. The van der Waals surface area contributed by atoms with Gasteiger partial charge < -0.3 is 5.32 Å². The van der Waals surface area contributed by atoms with Gasteiger partial charge in [0.05, 0.1) is 0 Å². The molecule has 5 nitrogen and oxygen atoms in total.